The Balaban J connectivity index is 2.69. The van der Waals surface area contributed by atoms with E-state index in [-0.39, 0.29) is 5.54 Å². The molecule has 1 aliphatic rings. The van der Waals surface area contributed by atoms with E-state index in [9.17, 15) is 0 Å². The van der Waals surface area contributed by atoms with Gasteiger partial charge in [-0.25, -0.2) is 0 Å². The van der Waals surface area contributed by atoms with Crippen LogP contribution < -0.4 is 11.3 Å². The molecule has 2 unspecified atom stereocenters. The van der Waals surface area contributed by atoms with Gasteiger partial charge in [0.05, 0.1) is 0 Å². The number of hydrazine groups is 1. The molecule has 0 aromatic heterocycles. The van der Waals surface area contributed by atoms with Crippen LogP contribution in [0.4, 0.5) is 0 Å². The van der Waals surface area contributed by atoms with Gasteiger partial charge >= 0.3 is 0 Å². The molecule has 1 rings (SSSR count). The van der Waals surface area contributed by atoms with Gasteiger partial charge in [0.25, 0.3) is 0 Å². The van der Waals surface area contributed by atoms with Gasteiger partial charge in [-0.05, 0) is 31.6 Å². The molecule has 2 nitrogen and oxygen atoms in total. The van der Waals surface area contributed by atoms with Crippen molar-refractivity contribution in [2.45, 2.75) is 37.6 Å². The van der Waals surface area contributed by atoms with E-state index >= 15 is 0 Å². The fourth-order valence-corrected chi connectivity index (χ4v) is 2.46. The molecule has 0 aromatic carbocycles. The fourth-order valence-electron chi connectivity index (χ4n) is 2.46. The molecule has 74 valence electrons. The monoisotopic (exact) mass is 180 g/mol. The van der Waals surface area contributed by atoms with Crippen molar-refractivity contribution < 1.29 is 0 Å². The van der Waals surface area contributed by atoms with E-state index in [1.807, 2.05) is 12.2 Å². The van der Waals surface area contributed by atoms with Crippen LogP contribution in [0.25, 0.3) is 0 Å². The van der Waals surface area contributed by atoms with Crippen molar-refractivity contribution in [3.8, 4) is 0 Å². The maximum atomic E-state index is 5.64. The highest BCUT2D eigenvalue weighted by atomic mass is 15.3. The lowest BCUT2D eigenvalue weighted by Crippen LogP contribution is -2.51. The van der Waals surface area contributed by atoms with Gasteiger partial charge in [-0.3, -0.25) is 11.3 Å². The van der Waals surface area contributed by atoms with Crippen LogP contribution in [0.5, 0.6) is 0 Å². The van der Waals surface area contributed by atoms with Crippen molar-refractivity contribution in [1.29, 1.82) is 0 Å². The maximum Gasteiger partial charge on any atom is 0.0386 e. The van der Waals surface area contributed by atoms with Crippen LogP contribution in [0.15, 0.2) is 25.3 Å². The lowest BCUT2D eigenvalue weighted by atomic mass is 9.82. The lowest BCUT2D eigenvalue weighted by Gasteiger charge is -2.33. The van der Waals surface area contributed by atoms with Crippen molar-refractivity contribution in [2.75, 3.05) is 0 Å². The second kappa shape index (κ2) is 4.58. The average molecular weight is 180 g/mol. The topological polar surface area (TPSA) is 38.0 Å². The summed E-state index contributed by atoms with van der Waals surface area (Å²) in [6.07, 6.45) is 9.64. The van der Waals surface area contributed by atoms with Gasteiger partial charge < -0.3 is 0 Å². The first-order chi connectivity index (χ1) is 6.29. The van der Waals surface area contributed by atoms with Crippen LogP contribution in [0.2, 0.25) is 0 Å². The Morgan fingerprint density at radius 1 is 1.46 bits per heavy atom. The van der Waals surface area contributed by atoms with Crippen LogP contribution in [0, 0.1) is 5.92 Å². The first-order valence-electron chi connectivity index (χ1n) is 4.98. The highest BCUT2D eigenvalue weighted by Gasteiger charge is 2.39. The minimum Gasteiger partial charge on any atom is -0.271 e. The molecule has 0 amide bonds. The standard InChI is InChI=1S/C11H20N2/c1-3-6-10-7-5-9-11(10,13-12)8-4-2/h3-4,10,13H,1-2,5-9,12H2. The summed E-state index contributed by atoms with van der Waals surface area (Å²) in [6, 6.07) is 0. The molecule has 0 heterocycles. The Morgan fingerprint density at radius 3 is 2.77 bits per heavy atom. The second-order valence-electron chi connectivity index (χ2n) is 3.91. The SMILES string of the molecule is C=CCC1CCCC1(CC=C)NN. The molecular formula is C11H20N2. The third-order valence-corrected chi connectivity index (χ3v) is 3.20. The number of nitrogens with one attached hydrogen (secondary N) is 1. The molecule has 0 aliphatic heterocycles. The van der Waals surface area contributed by atoms with Gasteiger partial charge in [0.2, 0.25) is 0 Å². The van der Waals surface area contributed by atoms with E-state index in [0.717, 1.165) is 19.3 Å². The first kappa shape index (κ1) is 10.5. The third kappa shape index (κ3) is 2.01. The molecule has 1 saturated carbocycles. The Labute approximate surface area is 80.9 Å². The minimum absolute atomic E-state index is 0.0932. The number of hydrogen-bond acceptors (Lipinski definition) is 2. The van der Waals surface area contributed by atoms with Crippen LogP contribution in [0.1, 0.15) is 32.1 Å². The lowest BCUT2D eigenvalue weighted by molar-refractivity contribution is 0.249. The second-order valence-corrected chi connectivity index (χ2v) is 3.91. The summed E-state index contributed by atoms with van der Waals surface area (Å²) in [6.45, 7) is 7.58. The molecule has 0 bridgehead atoms. The Kier molecular flexibility index (Phi) is 3.70. The Bertz CT molecular complexity index is 189. The summed E-state index contributed by atoms with van der Waals surface area (Å²) >= 11 is 0. The predicted octanol–water partition coefficient (Wildman–Crippen LogP) is 2.14. The summed E-state index contributed by atoms with van der Waals surface area (Å²) in [7, 11) is 0. The minimum atomic E-state index is 0.0932. The smallest absolute Gasteiger partial charge is 0.0386 e. The van der Waals surface area contributed by atoms with Crippen molar-refractivity contribution in [3.63, 3.8) is 0 Å². The van der Waals surface area contributed by atoms with Gasteiger partial charge in [-0.15, -0.1) is 13.2 Å². The molecule has 0 aromatic rings. The zero-order valence-corrected chi connectivity index (χ0v) is 8.26. The molecule has 13 heavy (non-hydrogen) atoms. The van der Waals surface area contributed by atoms with Gasteiger partial charge in [0, 0.05) is 5.54 Å². The zero-order chi connectivity index (χ0) is 9.73. The van der Waals surface area contributed by atoms with Crippen LogP contribution in [-0.4, -0.2) is 5.54 Å². The summed E-state index contributed by atoms with van der Waals surface area (Å²) in [5.41, 5.74) is 3.09. The summed E-state index contributed by atoms with van der Waals surface area (Å²) in [4.78, 5) is 0. The summed E-state index contributed by atoms with van der Waals surface area (Å²) < 4.78 is 0. The van der Waals surface area contributed by atoms with Gasteiger partial charge in [-0.2, -0.15) is 0 Å². The summed E-state index contributed by atoms with van der Waals surface area (Å²) in [5, 5.41) is 0. The highest BCUT2D eigenvalue weighted by Crippen LogP contribution is 2.40. The van der Waals surface area contributed by atoms with E-state index in [2.05, 4.69) is 18.6 Å². The zero-order valence-electron chi connectivity index (χ0n) is 8.26. The molecule has 0 radical (unpaired) electrons. The van der Waals surface area contributed by atoms with E-state index in [0.29, 0.717) is 5.92 Å². The molecular weight excluding hydrogens is 160 g/mol. The number of allylic oxidation sites excluding steroid dienone is 1. The van der Waals surface area contributed by atoms with Crippen LogP contribution in [0.3, 0.4) is 0 Å². The maximum absolute atomic E-state index is 5.64. The number of rotatable bonds is 5. The quantitative estimate of drug-likeness (QED) is 0.386. The normalized spacial score (nSPS) is 33.2. The first-order valence-corrected chi connectivity index (χ1v) is 4.98. The predicted molar refractivity (Wildman–Crippen MR) is 57.0 cm³/mol. The Morgan fingerprint density at radius 2 is 2.23 bits per heavy atom. The molecule has 2 atom stereocenters. The largest absolute Gasteiger partial charge is 0.271 e. The van der Waals surface area contributed by atoms with E-state index in [1.54, 1.807) is 0 Å². The number of nitrogens with two attached hydrogens (primary N) is 1. The van der Waals surface area contributed by atoms with E-state index in [1.165, 1.54) is 12.8 Å². The van der Waals surface area contributed by atoms with E-state index in [4.69, 9.17) is 5.84 Å². The summed E-state index contributed by atoms with van der Waals surface area (Å²) in [5.74, 6) is 6.28. The van der Waals surface area contributed by atoms with Crippen molar-refractivity contribution in [3.05, 3.63) is 25.3 Å². The van der Waals surface area contributed by atoms with Crippen molar-refractivity contribution in [1.82, 2.24) is 5.43 Å². The molecule has 0 saturated heterocycles. The molecule has 1 aliphatic carbocycles. The average Bonchev–Trinajstić information content (AvgIpc) is 2.51. The third-order valence-electron chi connectivity index (χ3n) is 3.20. The number of hydrogen-bond donors (Lipinski definition) is 2. The fraction of sp³-hybridized carbons (Fsp3) is 0.636. The molecule has 2 heteroatoms. The molecule has 0 spiro atoms. The van der Waals surface area contributed by atoms with Gasteiger partial charge in [-0.1, -0.05) is 18.6 Å². The molecule has 3 N–H and O–H groups in total. The van der Waals surface area contributed by atoms with E-state index < -0.39 is 0 Å². The van der Waals surface area contributed by atoms with Gasteiger partial charge in [0.1, 0.15) is 0 Å². The highest BCUT2D eigenvalue weighted by molar-refractivity contribution is 5.03. The van der Waals surface area contributed by atoms with Crippen LogP contribution >= 0.6 is 0 Å². The Hall–Kier alpha value is -0.600. The van der Waals surface area contributed by atoms with Crippen LogP contribution in [-0.2, 0) is 0 Å². The van der Waals surface area contributed by atoms with Gasteiger partial charge in [0.15, 0.2) is 0 Å². The van der Waals surface area contributed by atoms with Crippen molar-refractivity contribution >= 4 is 0 Å². The molecule has 1 fully saturated rings. The van der Waals surface area contributed by atoms with Crippen molar-refractivity contribution in [2.24, 2.45) is 11.8 Å².